The lowest BCUT2D eigenvalue weighted by Crippen LogP contribution is -2.52. The van der Waals surface area contributed by atoms with Gasteiger partial charge >= 0.3 is 0 Å². The van der Waals surface area contributed by atoms with Crippen LogP contribution >= 0.6 is 0 Å². The average molecular weight is 314 g/mol. The van der Waals surface area contributed by atoms with Gasteiger partial charge in [-0.25, -0.2) is 9.98 Å². The van der Waals surface area contributed by atoms with Crippen LogP contribution in [0.4, 0.5) is 5.82 Å². The normalized spacial score (nSPS) is 15.8. The summed E-state index contributed by atoms with van der Waals surface area (Å²) >= 11 is 0. The van der Waals surface area contributed by atoms with Crippen molar-refractivity contribution in [3.63, 3.8) is 0 Å². The Hall–Kier alpha value is -2.57. The zero-order chi connectivity index (χ0) is 15.9. The third kappa shape index (κ3) is 4.00. The molecule has 1 aliphatic rings. The van der Waals surface area contributed by atoms with E-state index < -0.39 is 0 Å². The molecule has 1 fully saturated rings. The van der Waals surface area contributed by atoms with Crippen LogP contribution < -0.4 is 10.2 Å². The van der Waals surface area contributed by atoms with Gasteiger partial charge in [0.05, 0.1) is 6.54 Å². The molecular formula is C16H22N6O. The molecule has 122 valence electrons. The Morgan fingerprint density at radius 2 is 2.13 bits per heavy atom. The van der Waals surface area contributed by atoms with Crippen LogP contribution in [-0.2, 0) is 6.54 Å². The van der Waals surface area contributed by atoms with Crippen molar-refractivity contribution in [3.8, 4) is 0 Å². The van der Waals surface area contributed by atoms with Gasteiger partial charge in [0.25, 0.3) is 0 Å². The number of aliphatic imine (C=N–C) groups is 1. The minimum Gasteiger partial charge on any atom is -0.364 e. The van der Waals surface area contributed by atoms with E-state index in [4.69, 9.17) is 4.52 Å². The lowest BCUT2D eigenvalue weighted by Gasteiger charge is -2.37. The Morgan fingerprint density at radius 3 is 2.78 bits per heavy atom. The first kappa shape index (κ1) is 15.3. The van der Waals surface area contributed by atoms with E-state index in [1.165, 1.54) is 0 Å². The summed E-state index contributed by atoms with van der Waals surface area (Å²) in [6.45, 7) is 7.16. The number of hydrogen-bond acceptors (Lipinski definition) is 5. The summed E-state index contributed by atoms with van der Waals surface area (Å²) in [5.41, 5.74) is 0.840. The average Bonchev–Trinajstić information content (AvgIpc) is 3.13. The second-order valence-electron chi connectivity index (χ2n) is 5.32. The predicted octanol–water partition coefficient (Wildman–Crippen LogP) is 1.36. The van der Waals surface area contributed by atoms with Crippen molar-refractivity contribution < 1.29 is 4.52 Å². The number of nitrogens with zero attached hydrogens (tertiary/aromatic N) is 5. The minimum atomic E-state index is 0.527. The highest BCUT2D eigenvalue weighted by Gasteiger charge is 2.20. The summed E-state index contributed by atoms with van der Waals surface area (Å²) in [4.78, 5) is 13.7. The van der Waals surface area contributed by atoms with E-state index in [0.29, 0.717) is 6.54 Å². The monoisotopic (exact) mass is 314 g/mol. The van der Waals surface area contributed by atoms with E-state index in [0.717, 1.165) is 50.2 Å². The number of aromatic nitrogens is 2. The number of hydrogen-bond donors (Lipinski definition) is 1. The van der Waals surface area contributed by atoms with E-state index >= 15 is 0 Å². The second kappa shape index (κ2) is 7.62. The molecule has 0 radical (unpaired) electrons. The summed E-state index contributed by atoms with van der Waals surface area (Å²) in [6.07, 6.45) is 3.41. The van der Waals surface area contributed by atoms with Gasteiger partial charge in [-0.1, -0.05) is 11.2 Å². The molecule has 1 saturated heterocycles. The zero-order valence-electron chi connectivity index (χ0n) is 13.4. The van der Waals surface area contributed by atoms with Crippen molar-refractivity contribution in [2.24, 2.45) is 4.99 Å². The molecule has 1 N–H and O–H groups in total. The highest BCUT2D eigenvalue weighted by molar-refractivity contribution is 5.80. The summed E-state index contributed by atoms with van der Waals surface area (Å²) < 4.78 is 4.85. The van der Waals surface area contributed by atoms with Crippen molar-refractivity contribution in [2.75, 3.05) is 37.6 Å². The van der Waals surface area contributed by atoms with E-state index in [9.17, 15) is 0 Å². The molecule has 7 nitrogen and oxygen atoms in total. The first-order valence-corrected chi connectivity index (χ1v) is 7.95. The first-order chi connectivity index (χ1) is 11.4. The van der Waals surface area contributed by atoms with Crippen molar-refractivity contribution in [1.29, 1.82) is 0 Å². The third-order valence-electron chi connectivity index (χ3n) is 3.77. The molecule has 0 unspecified atom stereocenters. The number of nitrogens with one attached hydrogen (secondary N) is 1. The number of anilines is 1. The highest BCUT2D eigenvalue weighted by atomic mass is 16.5. The molecule has 2 aromatic rings. The fraction of sp³-hybridized carbons (Fsp3) is 0.438. The van der Waals surface area contributed by atoms with Crippen molar-refractivity contribution >= 4 is 11.8 Å². The Kier molecular flexibility index (Phi) is 5.08. The van der Waals surface area contributed by atoms with E-state index in [-0.39, 0.29) is 0 Å². The van der Waals surface area contributed by atoms with Crippen LogP contribution in [0, 0.1) is 0 Å². The molecule has 0 atom stereocenters. The maximum absolute atomic E-state index is 4.85. The summed E-state index contributed by atoms with van der Waals surface area (Å²) in [6, 6.07) is 7.86. The topological polar surface area (TPSA) is 69.8 Å². The maximum atomic E-state index is 4.85. The van der Waals surface area contributed by atoms with Gasteiger partial charge in [-0.3, -0.25) is 0 Å². The van der Waals surface area contributed by atoms with Crippen molar-refractivity contribution in [2.45, 2.75) is 13.5 Å². The summed E-state index contributed by atoms with van der Waals surface area (Å²) in [5.74, 6) is 1.97. The lowest BCUT2D eigenvalue weighted by atomic mass is 10.3. The molecule has 7 heteroatoms. The number of rotatable bonds is 4. The van der Waals surface area contributed by atoms with E-state index in [1.54, 1.807) is 6.26 Å². The van der Waals surface area contributed by atoms with Crippen molar-refractivity contribution in [1.82, 2.24) is 20.4 Å². The highest BCUT2D eigenvalue weighted by Crippen LogP contribution is 2.12. The molecule has 2 aromatic heterocycles. The number of piperazine rings is 1. The van der Waals surface area contributed by atoms with Gasteiger partial charge in [-0.05, 0) is 19.1 Å². The molecule has 0 spiro atoms. The van der Waals surface area contributed by atoms with Gasteiger partial charge in [0.1, 0.15) is 17.8 Å². The van der Waals surface area contributed by atoms with Gasteiger partial charge in [0.2, 0.25) is 0 Å². The third-order valence-corrected chi connectivity index (χ3v) is 3.77. The lowest BCUT2D eigenvalue weighted by molar-refractivity contribution is 0.370. The Labute approximate surface area is 136 Å². The Bertz CT molecular complexity index is 605. The largest absolute Gasteiger partial charge is 0.364 e. The van der Waals surface area contributed by atoms with Crippen LogP contribution in [0.25, 0.3) is 0 Å². The van der Waals surface area contributed by atoms with Crippen LogP contribution in [0.2, 0.25) is 0 Å². The van der Waals surface area contributed by atoms with Gasteiger partial charge in [0.15, 0.2) is 5.96 Å². The predicted molar refractivity (Wildman–Crippen MR) is 89.3 cm³/mol. The maximum Gasteiger partial charge on any atom is 0.194 e. The molecule has 0 aromatic carbocycles. The van der Waals surface area contributed by atoms with Crippen molar-refractivity contribution in [3.05, 3.63) is 42.4 Å². The van der Waals surface area contributed by atoms with Gasteiger partial charge in [-0.2, -0.15) is 0 Å². The van der Waals surface area contributed by atoms with Crippen LogP contribution in [0.3, 0.4) is 0 Å². The van der Waals surface area contributed by atoms with Gasteiger partial charge < -0.3 is 19.6 Å². The van der Waals surface area contributed by atoms with Crippen LogP contribution in [-0.4, -0.2) is 53.7 Å². The van der Waals surface area contributed by atoms with Crippen LogP contribution in [0.15, 0.2) is 46.2 Å². The molecular weight excluding hydrogens is 292 g/mol. The second-order valence-corrected chi connectivity index (χ2v) is 5.32. The molecule has 1 aliphatic heterocycles. The van der Waals surface area contributed by atoms with Crippen LogP contribution in [0.5, 0.6) is 0 Å². The van der Waals surface area contributed by atoms with E-state index in [1.807, 2.05) is 24.4 Å². The van der Waals surface area contributed by atoms with Crippen LogP contribution in [0.1, 0.15) is 12.6 Å². The molecule has 23 heavy (non-hydrogen) atoms. The SMILES string of the molecule is CCNC(=NCc1ccon1)N1CCN(c2ccccn2)CC1. The number of pyridine rings is 1. The number of guanidine groups is 1. The quantitative estimate of drug-likeness (QED) is 0.679. The first-order valence-electron chi connectivity index (χ1n) is 7.95. The Morgan fingerprint density at radius 1 is 1.26 bits per heavy atom. The minimum absolute atomic E-state index is 0.527. The van der Waals surface area contributed by atoms with E-state index in [2.05, 4.69) is 43.2 Å². The summed E-state index contributed by atoms with van der Waals surface area (Å²) in [5, 5.41) is 7.25. The molecule has 0 bridgehead atoms. The standard InChI is InChI=1S/C16H22N6O/c1-2-17-16(19-13-14-6-12-23-20-14)22-10-8-21(9-11-22)15-5-3-4-7-18-15/h3-7,12H,2,8-11,13H2,1H3,(H,17,19). The van der Waals surface area contributed by atoms with Gasteiger partial charge in [0, 0.05) is 45.0 Å². The smallest absolute Gasteiger partial charge is 0.194 e. The molecule has 0 amide bonds. The molecule has 3 rings (SSSR count). The molecule has 0 saturated carbocycles. The fourth-order valence-corrected chi connectivity index (χ4v) is 2.59. The van der Waals surface area contributed by atoms with Gasteiger partial charge in [-0.15, -0.1) is 0 Å². The summed E-state index contributed by atoms with van der Waals surface area (Å²) in [7, 11) is 0. The molecule has 0 aliphatic carbocycles. The fourth-order valence-electron chi connectivity index (χ4n) is 2.59. The molecule has 3 heterocycles. The zero-order valence-corrected chi connectivity index (χ0v) is 13.4. The Balaban J connectivity index is 1.60.